The second kappa shape index (κ2) is 7.43. The van der Waals surface area contributed by atoms with Gasteiger partial charge in [0.1, 0.15) is 6.26 Å². The van der Waals surface area contributed by atoms with Crippen molar-refractivity contribution in [3.8, 4) is 11.5 Å². The van der Waals surface area contributed by atoms with Crippen molar-refractivity contribution in [3.05, 3.63) is 42.3 Å². The minimum Gasteiger partial charge on any atom is -0.444 e. The molecule has 1 aliphatic heterocycles. The molecule has 24 heavy (non-hydrogen) atoms. The first-order valence-electron chi connectivity index (χ1n) is 7.85. The molecule has 2 heterocycles. The van der Waals surface area contributed by atoms with E-state index in [0.717, 1.165) is 18.4 Å². The zero-order valence-electron chi connectivity index (χ0n) is 13.5. The van der Waals surface area contributed by atoms with E-state index in [2.05, 4.69) is 9.71 Å². The molecule has 1 fully saturated rings. The molecule has 0 radical (unpaired) electrons. The summed E-state index contributed by atoms with van der Waals surface area (Å²) in [5, 5.41) is 0. The van der Waals surface area contributed by atoms with Crippen molar-refractivity contribution in [2.75, 3.05) is 20.3 Å². The number of nitrogens with zero attached hydrogens (tertiary/aromatic N) is 2. The van der Waals surface area contributed by atoms with E-state index in [-0.39, 0.29) is 12.6 Å². The van der Waals surface area contributed by atoms with Gasteiger partial charge in [-0.3, -0.25) is 0 Å². The maximum absolute atomic E-state index is 12.5. The molecule has 0 unspecified atom stereocenters. The predicted molar refractivity (Wildman–Crippen MR) is 89.3 cm³/mol. The normalized spacial score (nSPS) is 19.0. The summed E-state index contributed by atoms with van der Waals surface area (Å²) in [5.74, 6) is 0.475. The lowest BCUT2D eigenvalue weighted by Crippen LogP contribution is -2.44. The van der Waals surface area contributed by atoms with E-state index < -0.39 is 10.2 Å². The topological polar surface area (TPSA) is 84.7 Å². The molecule has 0 bridgehead atoms. The van der Waals surface area contributed by atoms with Crippen LogP contribution in [-0.4, -0.2) is 44.0 Å². The molecule has 1 saturated heterocycles. The molecule has 1 aromatic carbocycles. The first-order valence-corrected chi connectivity index (χ1v) is 9.29. The second-order valence-corrected chi connectivity index (χ2v) is 7.41. The van der Waals surface area contributed by atoms with Crippen molar-refractivity contribution < 1.29 is 17.6 Å². The SMILES string of the molecule is COC[C@@H]1CCCN1S(=O)(=O)NCc1coc(-c2ccccc2)n1. The van der Waals surface area contributed by atoms with Gasteiger partial charge >= 0.3 is 0 Å². The monoisotopic (exact) mass is 351 g/mol. The van der Waals surface area contributed by atoms with E-state index in [1.54, 1.807) is 7.11 Å². The van der Waals surface area contributed by atoms with Crippen LogP contribution in [0.3, 0.4) is 0 Å². The summed E-state index contributed by atoms with van der Waals surface area (Å²) >= 11 is 0. The summed E-state index contributed by atoms with van der Waals surface area (Å²) < 4.78 is 39.5. The van der Waals surface area contributed by atoms with Gasteiger partial charge in [0.05, 0.1) is 18.8 Å². The highest BCUT2D eigenvalue weighted by Gasteiger charge is 2.33. The fourth-order valence-corrected chi connectivity index (χ4v) is 4.26. The molecule has 1 N–H and O–H groups in total. The number of hydrogen-bond donors (Lipinski definition) is 1. The molecule has 2 aromatic rings. The average Bonchev–Trinajstić information content (AvgIpc) is 3.24. The fourth-order valence-electron chi connectivity index (χ4n) is 2.83. The molecular formula is C16H21N3O4S. The molecule has 3 rings (SSSR count). The summed E-state index contributed by atoms with van der Waals surface area (Å²) in [6.45, 7) is 1.01. The van der Waals surface area contributed by atoms with Crippen LogP contribution in [-0.2, 0) is 21.5 Å². The molecule has 7 nitrogen and oxygen atoms in total. The maximum atomic E-state index is 12.5. The lowest BCUT2D eigenvalue weighted by atomic mass is 10.2. The van der Waals surface area contributed by atoms with Gasteiger partial charge in [0.2, 0.25) is 5.89 Å². The van der Waals surface area contributed by atoms with Crippen LogP contribution in [0.25, 0.3) is 11.5 Å². The Hall–Kier alpha value is -1.74. The van der Waals surface area contributed by atoms with Gasteiger partial charge in [-0.2, -0.15) is 17.4 Å². The molecule has 130 valence electrons. The van der Waals surface area contributed by atoms with Crippen LogP contribution in [0.2, 0.25) is 0 Å². The number of rotatable bonds is 7. The first kappa shape index (κ1) is 17.1. The Labute approximate surface area is 141 Å². The lowest BCUT2D eigenvalue weighted by Gasteiger charge is -2.23. The van der Waals surface area contributed by atoms with Crippen molar-refractivity contribution in [3.63, 3.8) is 0 Å². The summed E-state index contributed by atoms with van der Waals surface area (Å²) in [5.41, 5.74) is 1.39. The molecule has 0 amide bonds. The molecule has 1 aliphatic rings. The zero-order chi connectivity index (χ0) is 17.0. The number of hydrogen-bond acceptors (Lipinski definition) is 5. The van der Waals surface area contributed by atoms with Gasteiger partial charge in [0, 0.05) is 25.3 Å². The van der Waals surface area contributed by atoms with Crippen LogP contribution >= 0.6 is 0 Å². The van der Waals surface area contributed by atoms with E-state index in [9.17, 15) is 8.42 Å². The third kappa shape index (κ3) is 3.84. The van der Waals surface area contributed by atoms with Crippen molar-refractivity contribution in [2.45, 2.75) is 25.4 Å². The number of benzene rings is 1. The van der Waals surface area contributed by atoms with Crippen molar-refractivity contribution >= 4 is 10.2 Å². The highest BCUT2D eigenvalue weighted by molar-refractivity contribution is 7.87. The smallest absolute Gasteiger partial charge is 0.280 e. The number of oxazole rings is 1. The third-order valence-electron chi connectivity index (χ3n) is 4.00. The van der Waals surface area contributed by atoms with Crippen LogP contribution in [0.5, 0.6) is 0 Å². The van der Waals surface area contributed by atoms with Crippen LogP contribution in [0.15, 0.2) is 41.0 Å². The third-order valence-corrected chi connectivity index (χ3v) is 5.61. The molecule has 8 heteroatoms. The standard InChI is InChI=1S/C16H21N3O4S/c1-22-12-15-8-5-9-19(15)24(20,21)17-10-14-11-23-16(18-14)13-6-3-2-4-7-13/h2-4,6-7,11,15,17H,5,8-10,12H2,1H3/t15-/m0/s1. The van der Waals surface area contributed by atoms with Gasteiger partial charge in [-0.15, -0.1) is 0 Å². The Kier molecular flexibility index (Phi) is 5.30. The average molecular weight is 351 g/mol. The van der Waals surface area contributed by atoms with Crippen LogP contribution < -0.4 is 4.72 Å². The Morgan fingerprint density at radius 2 is 2.17 bits per heavy atom. The minimum absolute atomic E-state index is 0.0921. The summed E-state index contributed by atoms with van der Waals surface area (Å²) in [7, 11) is -1.98. The van der Waals surface area contributed by atoms with Crippen LogP contribution in [0.4, 0.5) is 0 Å². The number of ether oxygens (including phenoxy) is 1. The van der Waals surface area contributed by atoms with E-state index in [4.69, 9.17) is 9.15 Å². The Morgan fingerprint density at radius 1 is 1.38 bits per heavy atom. The van der Waals surface area contributed by atoms with Crippen molar-refractivity contribution in [2.24, 2.45) is 0 Å². The predicted octanol–water partition coefficient (Wildman–Crippen LogP) is 1.79. The first-order chi connectivity index (χ1) is 11.6. The van der Waals surface area contributed by atoms with Crippen molar-refractivity contribution in [1.82, 2.24) is 14.0 Å². The summed E-state index contributed by atoms with van der Waals surface area (Å²) in [6.07, 6.45) is 3.13. The molecule has 0 aliphatic carbocycles. The largest absolute Gasteiger partial charge is 0.444 e. The summed E-state index contributed by atoms with van der Waals surface area (Å²) in [4.78, 5) is 4.33. The fraction of sp³-hybridized carbons (Fsp3) is 0.438. The molecular weight excluding hydrogens is 330 g/mol. The number of methoxy groups -OCH3 is 1. The number of nitrogens with one attached hydrogen (secondary N) is 1. The number of aromatic nitrogens is 1. The highest BCUT2D eigenvalue weighted by Crippen LogP contribution is 2.21. The second-order valence-electron chi connectivity index (χ2n) is 5.70. The summed E-state index contributed by atoms with van der Waals surface area (Å²) in [6, 6.07) is 9.37. The van der Waals surface area contributed by atoms with E-state index in [1.807, 2.05) is 30.3 Å². The van der Waals surface area contributed by atoms with Gasteiger partial charge < -0.3 is 9.15 Å². The highest BCUT2D eigenvalue weighted by atomic mass is 32.2. The van der Waals surface area contributed by atoms with Gasteiger partial charge in [-0.05, 0) is 25.0 Å². The Morgan fingerprint density at radius 3 is 2.92 bits per heavy atom. The molecule has 1 aromatic heterocycles. The van der Waals surface area contributed by atoms with Gasteiger partial charge in [0.25, 0.3) is 10.2 Å². The Balaban J connectivity index is 1.64. The Bertz CT molecular complexity index is 761. The molecule has 1 atom stereocenters. The molecule has 0 spiro atoms. The maximum Gasteiger partial charge on any atom is 0.280 e. The van der Waals surface area contributed by atoms with Crippen LogP contribution in [0, 0.1) is 0 Å². The van der Waals surface area contributed by atoms with E-state index in [0.29, 0.717) is 24.7 Å². The van der Waals surface area contributed by atoms with Crippen LogP contribution in [0.1, 0.15) is 18.5 Å². The lowest BCUT2D eigenvalue weighted by molar-refractivity contribution is 0.148. The van der Waals surface area contributed by atoms with Gasteiger partial charge in [0.15, 0.2) is 0 Å². The minimum atomic E-state index is -3.56. The van der Waals surface area contributed by atoms with E-state index >= 15 is 0 Å². The zero-order valence-corrected chi connectivity index (χ0v) is 14.3. The molecule has 0 saturated carbocycles. The van der Waals surface area contributed by atoms with Crippen molar-refractivity contribution in [1.29, 1.82) is 0 Å². The van der Waals surface area contributed by atoms with Gasteiger partial charge in [-0.1, -0.05) is 18.2 Å². The van der Waals surface area contributed by atoms with Gasteiger partial charge in [-0.25, -0.2) is 4.98 Å². The quantitative estimate of drug-likeness (QED) is 0.822. The van der Waals surface area contributed by atoms with E-state index in [1.165, 1.54) is 10.6 Å².